The zero-order valence-corrected chi connectivity index (χ0v) is 35.3. The minimum Gasteiger partial charge on any atom is -0.488 e. The summed E-state index contributed by atoms with van der Waals surface area (Å²) in [5.74, 6) is -0.711. The average molecular weight is 835 g/mol. The number of aromatic nitrogens is 1. The summed E-state index contributed by atoms with van der Waals surface area (Å²) in [6, 6.07) is 20.0. The number of ether oxygens (including phenoxy) is 1. The van der Waals surface area contributed by atoms with Gasteiger partial charge in [0.05, 0.1) is 33.7 Å². The number of nitrogens with one attached hydrogen (secondary N) is 2. The van der Waals surface area contributed by atoms with Gasteiger partial charge in [-0.15, -0.1) is 0 Å². The summed E-state index contributed by atoms with van der Waals surface area (Å²) in [4.78, 5) is 77.1. The van der Waals surface area contributed by atoms with Crippen molar-refractivity contribution in [1.29, 1.82) is 5.26 Å². The molecule has 3 aromatic carbocycles. The molecule has 5 aliphatic heterocycles. The molecule has 5 amide bonds. The molecule has 1 aliphatic carbocycles. The molecule has 4 aromatic rings. The van der Waals surface area contributed by atoms with Crippen molar-refractivity contribution in [2.24, 2.45) is 11.3 Å². The molecular weight excluding hydrogens is 785 g/mol. The first kappa shape index (κ1) is 39.8. The van der Waals surface area contributed by atoms with E-state index in [4.69, 9.17) is 4.74 Å². The number of piperazine rings is 1. The third kappa shape index (κ3) is 6.30. The predicted molar refractivity (Wildman–Crippen MR) is 231 cm³/mol. The number of imide groups is 2. The van der Waals surface area contributed by atoms with Gasteiger partial charge in [-0.25, -0.2) is 0 Å². The summed E-state index contributed by atoms with van der Waals surface area (Å²) < 4.78 is 6.59. The first-order valence-electron chi connectivity index (χ1n) is 21.8. The van der Waals surface area contributed by atoms with E-state index in [9.17, 15) is 29.2 Å². The molecule has 1 saturated carbocycles. The molecule has 3 unspecified atom stereocenters. The number of benzene rings is 3. The van der Waals surface area contributed by atoms with Gasteiger partial charge in [-0.2, -0.15) is 5.26 Å². The van der Waals surface area contributed by atoms with Crippen LogP contribution in [-0.4, -0.2) is 108 Å². The van der Waals surface area contributed by atoms with Gasteiger partial charge in [-0.1, -0.05) is 13.8 Å². The second-order valence-electron chi connectivity index (χ2n) is 18.6. The predicted octanol–water partition coefficient (Wildman–Crippen LogP) is 4.79. The van der Waals surface area contributed by atoms with Crippen molar-refractivity contribution < 1.29 is 28.7 Å². The molecule has 0 bridgehead atoms. The first-order valence-corrected chi connectivity index (χ1v) is 21.8. The van der Waals surface area contributed by atoms with Crippen molar-refractivity contribution in [3.05, 3.63) is 94.7 Å². The smallest absolute Gasteiger partial charge is 0.262 e. The molecule has 0 radical (unpaired) electrons. The second-order valence-corrected chi connectivity index (χ2v) is 18.6. The molecular formula is C48H50N8O6. The van der Waals surface area contributed by atoms with Gasteiger partial charge in [-0.3, -0.25) is 44.1 Å². The van der Waals surface area contributed by atoms with E-state index in [2.05, 4.69) is 69.3 Å². The monoisotopic (exact) mass is 834 g/mol. The first-order chi connectivity index (χ1) is 29.9. The zero-order valence-electron chi connectivity index (χ0n) is 35.3. The fourth-order valence-corrected chi connectivity index (χ4v) is 11.4. The summed E-state index contributed by atoms with van der Waals surface area (Å²) >= 11 is 0. The molecule has 1 aromatic heterocycles. The van der Waals surface area contributed by atoms with E-state index in [1.165, 1.54) is 0 Å². The van der Waals surface area contributed by atoms with Gasteiger partial charge in [0.15, 0.2) is 0 Å². The van der Waals surface area contributed by atoms with Crippen LogP contribution in [0.15, 0.2) is 66.9 Å². The van der Waals surface area contributed by atoms with E-state index in [0.29, 0.717) is 33.7 Å². The molecule has 10 rings (SSSR count). The van der Waals surface area contributed by atoms with Crippen molar-refractivity contribution in [2.75, 3.05) is 55.6 Å². The third-order valence-corrected chi connectivity index (χ3v) is 14.8. The van der Waals surface area contributed by atoms with Gasteiger partial charge in [0.25, 0.3) is 17.7 Å². The Morgan fingerprint density at radius 1 is 0.871 bits per heavy atom. The van der Waals surface area contributed by atoms with Crippen LogP contribution in [0.2, 0.25) is 0 Å². The van der Waals surface area contributed by atoms with Crippen LogP contribution in [0.1, 0.15) is 95.1 Å². The number of anilines is 2. The third-order valence-electron chi connectivity index (χ3n) is 14.8. The fraction of sp³-hybridized carbons (Fsp3) is 0.438. The number of nitriles is 1. The minimum atomic E-state index is -0.972. The summed E-state index contributed by atoms with van der Waals surface area (Å²) in [6.07, 6.45) is 5.18. The normalized spacial score (nSPS) is 25.7. The molecule has 318 valence electrons. The number of hydrogen-bond donors (Lipinski definition) is 2. The maximum atomic E-state index is 13.8. The molecule has 6 aliphatic rings. The molecule has 4 fully saturated rings. The average Bonchev–Trinajstić information content (AvgIpc) is 3.53. The lowest BCUT2D eigenvalue weighted by Gasteiger charge is -2.66. The highest BCUT2D eigenvalue weighted by atomic mass is 16.5. The quantitative estimate of drug-likeness (QED) is 0.234. The van der Waals surface area contributed by atoms with Crippen LogP contribution in [0.4, 0.5) is 11.4 Å². The molecule has 6 heterocycles. The summed E-state index contributed by atoms with van der Waals surface area (Å²) in [5, 5.41) is 16.2. The Morgan fingerprint density at radius 3 is 2.31 bits per heavy atom. The van der Waals surface area contributed by atoms with Gasteiger partial charge in [0.2, 0.25) is 11.8 Å². The number of fused-ring (bicyclic) bond motifs is 3. The number of amides is 5. The van der Waals surface area contributed by atoms with E-state index in [0.717, 1.165) is 98.0 Å². The summed E-state index contributed by atoms with van der Waals surface area (Å²) in [7, 11) is 0. The van der Waals surface area contributed by atoms with Gasteiger partial charge < -0.3 is 19.9 Å². The van der Waals surface area contributed by atoms with Crippen LogP contribution in [0.5, 0.6) is 5.75 Å². The van der Waals surface area contributed by atoms with Crippen molar-refractivity contribution in [2.45, 2.75) is 76.5 Å². The number of piperidine rings is 2. The summed E-state index contributed by atoms with van der Waals surface area (Å²) in [6.45, 7) is 12.8. The van der Waals surface area contributed by atoms with Crippen LogP contribution >= 0.6 is 0 Å². The van der Waals surface area contributed by atoms with E-state index in [1.807, 2.05) is 30.3 Å². The standard InChI is InChI=1S/C48H50N8O6/c1-47(2)45(48(3)35-14-18-50-40-30(27-49)6-12-37(39(35)40)62-46(47)48)52-41(58)29-4-7-31(8-5-29)54-20-16-28(17-21-54)15-19-53-22-24-55(25-23-53)32-9-10-33-34(26-32)44(61)56(43(33)60)36-11-13-38(57)51-42(36)59/h4-10,12,14,18,26,28,36,45-46H,11,13,15-17,19-25H2,1-3H3,(H,52,58)(H,51,57,59)/t36?,45?,46-,48?/m0/s1. The Morgan fingerprint density at radius 2 is 1.58 bits per heavy atom. The number of pyridine rings is 1. The zero-order chi connectivity index (χ0) is 43.1. The molecule has 3 saturated heterocycles. The lowest BCUT2D eigenvalue weighted by atomic mass is 9.45. The minimum absolute atomic E-state index is 0.0926. The van der Waals surface area contributed by atoms with E-state index in [1.54, 1.807) is 24.4 Å². The Bertz CT molecular complexity index is 2590. The van der Waals surface area contributed by atoms with E-state index >= 15 is 0 Å². The van der Waals surface area contributed by atoms with Gasteiger partial charge in [0, 0.05) is 79.6 Å². The highest BCUT2D eigenvalue weighted by Crippen LogP contribution is 2.61. The topological polar surface area (TPSA) is 168 Å². The van der Waals surface area contributed by atoms with Crippen LogP contribution in [-0.2, 0) is 15.0 Å². The lowest BCUT2D eigenvalue weighted by molar-refractivity contribution is -0.136. The molecule has 14 nitrogen and oxygen atoms in total. The Balaban J connectivity index is 0.699. The second kappa shape index (κ2) is 14.9. The fourth-order valence-electron chi connectivity index (χ4n) is 11.4. The lowest BCUT2D eigenvalue weighted by Crippen LogP contribution is -2.78. The number of nitrogens with zero attached hydrogens (tertiary/aromatic N) is 6. The Hall–Kier alpha value is -6.33. The van der Waals surface area contributed by atoms with Crippen molar-refractivity contribution in [3.8, 4) is 11.8 Å². The van der Waals surface area contributed by atoms with E-state index < -0.39 is 35.1 Å². The molecule has 62 heavy (non-hydrogen) atoms. The van der Waals surface area contributed by atoms with Crippen LogP contribution in [0.25, 0.3) is 10.9 Å². The Kier molecular flexibility index (Phi) is 9.59. The maximum Gasteiger partial charge on any atom is 0.262 e. The van der Waals surface area contributed by atoms with Gasteiger partial charge in [0.1, 0.15) is 24.0 Å². The number of carbonyl (C=O) groups excluding carboxylic acids is 5. The molecule has 2 N–H and O–H groups in total. The van der Waals surface area contributed by atoms with Crippen molar-refractivity contribution in [3.63, 3.8) is 0 Å². The molecule has 0 spiro atoms. The van der Waals surface area contributed by atoms with Gasteiger partial charge >= 0.3 is 0 Å². The maximum absolute atomic E-state index is 13.8. The van der Waals surface area contributed by atoms with E-state index in [-0.39, 0.29) is 36.3 Å². The highest BCUT2D eigenvalue weighted by molar-refractivity contribution is 6.23. The van der Waals surface area contributed by atoms with Gasteiger partial charge in [-0.05, 0) is 111 Å². The van der Waals surface area contributed by atoms with Crippen LogP contribution < -0.4 is 25.2 Å². The van der Waals surface area contributed by atoms with Crippen molar-refractivity contribution in [1.82, 2.24) is 25.4 Å². The number of hydrogen-bond acceptors (Lipinski definition) is 11. The molecule has 4 atom stereocenters. The highest BCUT2D eigenvalue weighted by Gasteiger charge is 2.69. The largest absolute Gasteiger partial charge is 0.488 e. The number of rotatable bonds is 8. The molecule has 14 heteroatoms. The number of carbonyl (C=O) groups is 5. The van der Waals surface area contributed by atoms with Crippen LogP contribution in [0, 0.1) is 22.7 Å². The summed E-state index contributed by atoms with van der Waals surface area (Å²) in [5.41, 5.74) is 4.58. The van der Waals surface area contributed by atoms with Crippen molar-refractivity contribution >= 4 is 51.8 Å². The Labute approximate surface area is 360 Å². The van der Waals surface area contributed by atoms with Crippen LogP contribution in [0.3, 0.4) is 0 Å². The SMILES string of the molecule is CC1(C)C(NC(=O)c2ccc(N3CCC(CCN4CCN(c5ccc6c(c5)C(=O)N(C5CCC(=O)NC5=O)C6=O)CC4)CC3)cc2)C2(C)c3ccnc4c(C#N)ccc(c34)O[C@@H]12.